The highest BCUT2D eigenvalue weighted by Crippen LogP contribution is 2.35. The highest BCUT2D eigenvalue weighted by molar-refractivity contribution is 7.85. The molecule has 5 unspecified atom stereocenters. The van der Waals surface area contributed by atoms with Crippen LogP contribution in [0, 0.1) is 17.8 Å². The Bertz CT molecular complexity index is 282. The van der Waals surface area contributed by atoms with E-state index in [1.165, 1.54) is 19.3 Å². The van der Waals surface area contributed by atoms with Crippen LogP contribution in [0.4, 0.5) is 0 Å². The summed E-state index contributed by atoms with van der Waals surface area (Å²) in [6, 6.07) is 0. The third kappa shape index (κ3) is 3.80. The van der Waals surface area contributed by atoms with Crippen molar-refractivity contribution in [3.05, 3.63) is 0 Å². The SMILES string of the molecule is CC1CC(C)CC(CCS(=O)C2CCOC2C)C1. The maximum Gasteiger partial charge on any atom is 0.0691 e. The molecule has 1 aliphatic heterocycles. The topological polar surface area (TPSA) is 26.3 Å². The van der Waals surface area contributed by atoms with Crippen molar-refractivity contribution in [1.29, 1.82) is 0 Å². The Hall–Kier alpha value is 0.110. The van der Waals surface area contributed by atoms with E-state index >= 15 is 0 Å². The van der Waals surface area contributed by atoms with Gasteiger partial charge in [0.05, 0.1) is 11.4 Å². The first-order valence-electron chi connectivity index (χ1n) is 7.55. The summed E-state index contributed by atoms with van der Waals surface area (Å²) in [6.07, 6.45) is 6.43. The molecule has 2 rings (SSSR count). The predicted octanol–water partition coefficient (Wildman–Crippen LogP) is 3.37. The van der Waals surface area contributed by atoms with E-state index in [9.17, 15) is 4.21 Å². The Morgan fingerprint density at radius 1 is 1.11 bits per heavy atom. The van der Waals surface area contributed by atoms with Crippen molar-refractivity contribution in [3.63, 3.8) is 0 Å². The average Bonchev–Trinajstić information content (AvgIpc) is 2.71. The molecule has 106 valence electrons. The summed E-state index contributed by atoms with van der Waals surface area (Å²) < 4.78 is 17.8. The van der Waals surface area contributed by atoms with Gasteiger partial charge in [-0.3, -0.25) is 4.21 Å². The predicted molar refractivity (Wildman–Crippen MR) is 77.1 cm³/mol. The molecule has 0 bridgehead atoms. The highest BCUT2D eigenvalue weighted by Gasteiger charge is 2.30. The maximum atomic E-state index is 12.3. The van der Waals surface area contributed by atoms with E-state index in [-0.39, 0.29) is 6.10 Å². The fraction of sp³-hybridized carbons (Fsp3) is 1.00. The normalized spacial score (nSPS) is 42.9. The van der Waals surface area contributed by atoms with Gasteiger partial charge in [0.1, 0.15) is 0 Å². The van der Waals surface area contributed by atoms with Gasteiger partial charge in [-0.2, -0.15) is 0 Å². The molecule has 0 aromatic rings. The molecule has 0 N–H and O–H groups in total. The second kappa shape index (κ2) is 6.51. The minimum Gasteiger partial charge on any atom is -0.377 e. The van der Waals surface area contributed by atoms with Gasteiger partial charge in [0.2, 0.25) is 0 Å². The Kier molecular flexibility index (Phi) is 5.25. The quantitative estimate of drug-likeness (QED) is 0.784. The first kappa shape index (κ1) is 14.5. The smallest absolute Gasteiger partial charge is 0.0691 e. The van der Waals surface area contributed by atoms with Crippen LogP contribution in [-0.2, 0) is 15.5 Å². The summed E-state index contributed by atoms with van der Waals surface area (Å²) in [5, 5.41) is 0.295. The molecule has 5 atom stereocenters. The lowest BCUT2D eigenvalue weighted by Gasteiger charge is -2.31. The van der Waals surface area contributed by atoms with E-state index in [2.05, 4.69) is 20.8 Å². The molecule has 0 spiro atoms. The molecule has 1 saturated heterocycles. The number of rotatable bonds is 4. The lowest BCUT2D eigenvalue weighted by atomic mass is 9.76. The maximum absolute atomic E-state index is 12.3. The number of ether oxygens (including phenoxy) is 1. The van der Waals surface area contributed by atoms with Crippen molar-refractivity contribution in [1.82, 2.24) is 0 Å². The summed E-state index contributed by atoms with van der Waals surface area (Å²) in [7, 11) is -0.675. The Morgan fingerprint density at radius 2 is 1.78 bits per heavy atom. The van der Waals surface area contributed by atoms with Crippen LogP contribution in [0.3, 0.4) is 0 Å². The Labute approximate surface area is 114 Å². The van der Waals surface area contributed by atoms with Crippen molar-refractivity contribution in [2.75, 3.05) is 12.4 Å². The number of hydrogen-bond donors (Lipinski definition) is 0. The second-order valence-electron chi connectivity index (χ2n) is 6.56. The zero-order valence-corrected chi connectivity index (χ0v) is 12.9. The minimum atomic E-state index is -0.675. The van der Waals surface area contributed by atoms with E-state index in [0.717, 1.165) is 43.0 Å². The third-order valence-corrected chi connectivity index (χ3v) is 6.58. The van der Waals surface area contributed by atoms with Gasteiger partial charge in [-0.15, -0.1) is 0 Å². The fourth-order valence-corrected chi connectivity index (χ4v) is 5.57. The van der Waals surface area contributed by atoms with Crippen LogP contribution in [-0.4, -0.2) is 27.9 Å². The van der Waals surface area contributed by atoms with Crippen LogP contribution in [0.25, 0.3) is 0 Å². The van der Waals surface area contributed by atoms with Gasteiger partial charge < -0.3 is 4.74 Å². The summed E-state index contributed by atoms with van der Waals surface area (Å²) >= 11 is 0. The Morgan fingerprint density at radius 3 is 2.33 bits per heavy atom. The van der Waals surface area contributed by atoms with Crippen LogP contribution in [0.2, 0.25) is 0 Å². The molecule has 1 heterocycles. The molecule has 2 nitrogen and oxygen atoms in total. The zero-order valence-electron chi connectivity index (χ0n) is 12.1. The van der Waals surface area contributed by atoms with Gasteiger partial charge in [0.15, 0.2) is 0 Å². The molecular weight excluding hydrogens is 244 g/mol. The van der Waals surface area contributed by atoms with Gasteiger partial charge in [-0.05, 0) is 56.8 Å². The molecular formula is C15H28O2S. The first-order valence-corrected chi connectivity index (χ1v) is 8.93. The average molecular weight is 272 g/mol. The standard InChI is InChI=1S/C15H28O2S/c1-11-8-12(2)10-14(9-11)5-7-18(16)15-4-6-17-13(15)3/h11-15H,4-10H2,1-3H3. The lowest BCUT2D eigenvalue weighted by molar-refractivity contribution is 0.127. The molecule has 18 heavy (non-hydrogen) atoms. The van der Waals surface area contributed by atoms with E-state index < -0.39 is 10.8 Å². The monoisotopic (exact) mass is 272 g/mol. The van der Waals surface area contributed by atoms with E-state index in [1.807, 2.05) is 0 Å². The van der Waals surface area contributed by atoms with Gasteiger partial charge in [0, 0.05) is 23.2 Å². The number of hydrogen-bond acceptors (Lipinski definition) is 2. The summed E-state index contributed by atoms with van der Waals surface area (Å²) in [6.45, 7) is 7.61. The fourth-order valence-electron chi connectivity index (χ4n) is 3.84. The van der Waals surface area contributed by atoms with Crippen LogP contribution in [0.1, 0.15) is 52.9 Å². The van der Waals surface area contributed by atoms with Crippen LogP contribution in [0.15, 0.2) is 0 Å². The van der Waals surface area contributed by atoms with E-state index in [4.69, 9.17) is 4.74 Å². The molecule has 0 amide bonds. The summed E-state index contributed by atoms with van der Waals surface area (Å²) in [5.41, 5.74) is 0. The second-order valence-corrected chi connectivity index (χ2v) is 8.34. The third-order valence-electron chi connectivity index (χ3n) is 4.65. The Balaban J connectivity index is 1.75. The van der Waals surface area contributed by atoms with Gasteiger partial charge in [-0.1, -0.05) is 13.8 Å². The van der Waals surface area contributed by atoms with E-state index in [1.54, 1.807) is 0 Å². The lowest BCUT2D eigenvalue weighted by Crippen LogP contribution is -2.27. The van der Waals surface area contributed by atoms with Crippen LogP contribution < -0.4 is 0 Å². The first-order chi connectivity index (χ1) is 8.56. The molecule has 1 saturated carbocycles. The largest absolute Gasteiger partial charge is 0.377 e. The zero-order chi connectivity index (χ0) is 13.1. The van der Waals surface area contributed by atoms with Crippen molar-refractivity contribution in [2.24, 2.45) is 17.8 Å². The van der Waals surface area contributed by atoms with Crippen molar-refractivity contribution < 1.29 is 8.95 Å². The molecule has 2 aliphatic rings. The molecule has 3 heteroatoms. The highest BCUT2D eigenvalue weighted by atomic mass is 32.2. The van der Waals surface area contributed by atoms with Gasteiger partial charge in [0.25, 0.3) is 0 Å². The molecule has 0 aromatic carbocycles. The molecule has 1 aliphatic carbocycles. The van der Waals surface area contributed by atoms with Crippen molar-refractivity contribution in [2.45, 2.75) is 64.2 Å². The van der Waals surface area contributed by atoms with Crippen molar-refractivity contribution in [3.8, 4) is 0 Å². The van der Waals surface area contributed by atoms with E-state index in [0.29, 0.717) is 5.25 Å². The van der Waals surface area contributed by atoms with Gasteiger partial charge >= 0.3 is 0 Å². The summed E-state index contributed by atoms with van der Waals surface area (Å²) in [4.78, 5) is 0. The minimum absolute atomic E-state index is 0.204. The van der Waals surface area contributed by atoms with Crippen LogP contribution in [0.5, 0.6) is 0 Å². The summed E-state index contributed by atoms with van der Waals surface area (Å²) in [5.74, 6) is 3.43. The molecule has 0 radical (unpaired) electrons. The van der Waals surface area contributed by atoms with Crippen molar-refractivity contribution >= 4 is 10.8 Å². The van der Waals surface area contributed by atoms with Crippen LogP contribution >= 0.6 is 0 Å². The van der Waals surface area contributed by atoms with Gasteiger partial charge in [-0.25, -0.2) is 0 Å². The molecule has 2 fully saturated rings. The molecule has 0 aromatic heterocycles.